The van der Waals surface area contributed by atoms with Crippen LogP contribution < -0.4 is 5.32 Å². The number of thioether (sulfide) groups is 1. The molecule has 1 aliphatic heterocycles. The van der Waals surface area contributed by atoms with Crippen LogP contribution in [0, 0.1) is 12.8 Å². The molecule has 3 heterocycles. The predicted octanol–water partition coefficient (Wildman–Crippen LogP) is 4.37. The summed E-state index contributed by atoms with van der Waals surface area (Å²) in [6.45, 7) is 5.09. The third kappa shape index (κ3) is 6.41. The highest BCUT2D eigenvalue weighted by Crippen LogP contribution is 2.23. The molecule has 1 N–H and O–H groups in total. The van der Waals surface area contributed by atoms with Crippen molar-refractivity contribution < 1.29 is 9.32 Å². The van der Waals surface area contributed by atoms with Crippen LogP contribution in [0.25, 0.3) is 10.7 Å². The van der Waals surface area contributed by atoms with Gasteiger partial charge in [0.2, 0.25) is 17.6 Å². The van der Waals surface area contributed by atoms with Gasteiger partial charge in [0.15, 0.2) is 0 Å². The fraction of sp³-hybridized carbons (Fsp3) is 0.435. The minimum Gasteiger partial charge on any atom is -0.355 e. The van der Waals surface area contributed by atoms with Gasteiger partial charge in [0.25, 0.3) is 0 Å². The normalized spacial score (nSPS) is 17.0. The maximum absolute atomic E-state index is 12.6. The Hall–Kier alpha value is -2.16. The minimum atomic E-state index is 0.0236. The number of carbonyl (C=O) groups excluding carboxylic acids is 1. The number of nitrogens with one attached hydrogen (secondary N) is 1. The summed E-state index contributed by atoms with van der Waals surface area (Å²) in [5.74, 6) is 3.33. The van der Waals surface area contributed by atoms with Gasteiger partial charge in [-0.15, -0.1) is 11.3 Å². The number of amides is 1. The smallest absolute Gasteiger partial charge is 0.241 e. The summed E-state index contributed by atoms with van der Waals surface area (Å²) in [5, 5.41) is 9.20. The van der Waals surface area contributed by atoms with E-state index < -0.39 is 0 Å². The van der Waals surface area contributed by atoms with E-state index >= 15 is 0 Å². The zero-order valence-corrected chi connectivity index (χ0v) is 19.4. The molecule has 6 nitrogen and oxygen atoms in total. The molecule has 1 amide bonds. The Morgan fingerprint density at radius 2 is 2.19 bits per heavy atom. The van der Waals surface area contributed by atoms with Crippen LogP contribution in [0.5, 0.6) is 0 Å². The molecule has 8 heteroatoms. The number of hydrogen-bond donors (Lipinski definition) is 1. The van der Waals surface area contributed by atoms with Crippen LogP contribution in [-0.4, -0.2) is 46.3 Å². The van der Waals surface area contributed by atoms with Gasteiger partial charge in [-0.05, 0) is 43.3 Å². The molecule has 3 aromatic rings. The van der Waals surface area contributed by atoms with E-state index in [4.69, 9.17) is 4.52 Å². The highest BCUT2D eigenvalue weighted by molar-refractivity contribution is 7.98. The van der Waals surface area contributed by atoms with E-state index in [9.17, 15) is 4.79 Å². The van der Waals surface area contributed by atoms with E-state index in [0.29, 0.717) is 24.8 Å². The summed E-state index contributed by atoms with van der Waals surface area (Å²) in [6, 6.07) is 12.6. The average Bonchev–Trinajstić information content (AvgIpc) is 3.47. The van der Waals surface area contributed by atoms with Crippen molar-refractivity contribution in [2.24, 2.45) is 5.92 Å². The molecular weight excluding hydrogens is 428 g/mol. The number of aromatic nitrogens is 2. The van der Waals surface area contributed by atoms with Gasteiger partial charge in [0, 0.05) is 24.6 Å². The van der Waals surface area contributed by atoms with Crippen LogP contribution in [-0.2, 0) is 17.1 Å². The lowest BCUT2D eigenvalue weighted by atomic mass is 9.97. The number of rotatable bonds is 9. The fourth-order valence-electron chi connectivity index (χ4n) is 3.69. The number of aryl methyl sites for hydroxylation is 1. The average molecular weight is 457 g/mol. The molecule has 1 saturated heterocycles. The standard InChI is InChI=1S/C23H28N4O2S2/c1-17-6-8-18(9-7-17)16-30-13-10-24-23(28)19-4-2-11-27(14-19)15-21-25-22(26-29-21)20-5-3-12-31-20/h3,5-9,12,19H,2,4,10-11,13-16H2,1H3,(H,24,28). The molecule has 2 aromatic heterocycles. The van der Waals surface area contributed by atoms with Crippen LogP contribution in [0.1, 0.15) is 29.9 Å². The molecular formula is C23H28N4O2S2. The summed E-state index contributed by atoms with van der Waals surface area (Å²) in [6.07, 6.45) is 1.94. The van der Waals surface area contributed by atoms with Crippen molar-refractivity contribution in [3.05, 3.63) is 58.8 Å². The molecule has 4 rings (SSSR count). The molecule has 0 aliphatic carbocycles. The van der Waals surface area contributed by atoms with Crippen molar-refractivity contribution in [2.45, 2.75) is 32.1 Å². The van der Waals surface area contributed by atoms with Crippen LogP contribution in [0.2, 0.25) is 0 Å². The Morgan fingerprint density at radius 1 is 1.32 bits per heavy atom. The lowest BCUT2D eigenvalue weighted by molar-refractivity contribution is -0.126. The molecule has 1 aliphatic rings. The maximum atomic E-state index is 12.6. The maximum Gasteiger partial charge on any atom is 0.241 e. The molecule has 1 unspecified atom stereocenters. The van der Waals surface area contributed by atoms with E-state index in [1.807, 2.05) is 29.3 Å². The second-order valence-electron chi connectivity index (χ2n) is 7.89. The second-order valence-corrected chi connectivity index (χ2v) is 9.95. The van der Waals surface area contributed by atoms with Gasteiger partial charge >= 0.3 is 0 Å². The molecule has 0 bridgehead atoms. The van der Waals surface area contributed by atoms with Gasteiger partial charge in [0.1, 0.15) is 0 Å². The number of benzene rings is 1. The SMILES string of the molecule is Cc1ccc(CSCCNC(=O)C2CCCN(Cc3nc(-c4cccs4)no3)C2)cc1. The lowest BCUT2D eigenvalue weighted by Crippen LogP contribution is -2.43. The largest absolute Gasteiger partial charge is 0.355 e. The van der Waals surface area contributed by atoms with E-state index in [0.717, 1.165) is 42.3 Å². The van der Waals surface area contributed by atoms with Crippen molar-refractivity contribution in [2.75, 3.05) is 25.4 Å². The molecule has 0 radical (unpaired) electrons. The van der Waals surface area contributed by atoms with Crippen LogP contribution in [0.4, 0.5) is 0 Å². The first kappa shape index (κ1) is 22.0. The zero-order valence-electron chi connectivity index (χ0n) is 17.8. The predicted molar refractivity (Wildman–Crippen MR) is 126 cm³/mol. The summed E-state index contributed by atoms with van der Waals surface area (Å²) >= 11 is 3.45. The minimum absolute atomic E-state index is 0.0236. The Labute approximate surface area is 191 Å². The highest BCUT2D eigenvalue weighted by atomic mass is 32.2. The van der Waals surface area contributed by atoms with Crippen LogP contribution >= 0.6 is 23.1 Å². The number of piperidine rings is 1. The molecule has 0 saturated carbocycles. The Balaban J connectivity index is 1.17. The second kappa shape index (κ2) is 10.9. The molecule has 31 heavy (non-hydrogen) atoms. The third-order valence-corrected chi connectivity index (χ3v) is 7.28. The Bertz CT molecular complexity index is 956. The molecule has 0 spiro atoms. The monoisotopic (exact) mass is 456 g/mol. The summed E-state index contributed by atoms with van der Waals surface area (Å²) < 4.78 is 5.42. The molecule has 1 atom stereocenters. The summed E-state index contributed by atoms with van der Waals surface area (Å²) in [5.41, 5.74) is 2.61. The van der Waals surface area contributed by atoms with Gasteiger partial charge < -0.3 is 9.84 Å². The van der Waals surface area contributed by atoms with Crippen molar-refractivity contribution in [1.82, 2.24) is 20.4 Å². The number of likely N-dealkylation sites (tertiary alicyclic amines) is 1. The van der Waals surface area contributed by atoms with Crippen molar-refractivity contribution in [1.29, 1.82) is 0 Å². The van der Waals surface area contributed by atoms with Crippen LogP contribution in [0.3, 0.4) is 0 Å². The molecule has 164 valence electrons. The molecule has 1 aromatic carbocycles. The van der Waals surface area contributed by atoms with E-state index in [-0.39, 0.29) is 11.8 Å². The van der Waals surface area contributed by atoms with Crippen molar-refractivity contribution in [3.63, 3.8) is 0 Å². The van der Waals surface area contributed by atoms with E-state index in [1.165, 1.54) is 11.1 Å². The number of carbonyl (C=O) groups is 1. The Kier molecular flexibility index (Phi) is 7.77. The quantitative estimate of drug-likeness (QED) is 0.482. The molecule has 1 fully saturated rings. The number of thiophene rings is 1. The summed E-state index contributed by atoms with van der Waals surface area (Å²) in [7, 11) is 0. The first-order chi connectivity index (χ1) is 15.2. The zero-order chi connectivity index (χ0) is 21.5. The van der Waals surface area contributed by atoms with Gasteiger partial charge in [-0.2, -0.15) is 16.7 Å². The van der Waals surface area contributed by atoms with Crippen molar-refractivity contribution in [3.8, 4) is 10.7 Å². The number of hydrogen-bond acceptors (Lipinski definition) is 7. The lowest BCUT2D eigenvalue weighted by Gasteiger charge is -2.30. The van der Waals surface area contributed by atoms with Gasteiger partial charge in [-0.25, -0.2) is 0 Å². The van der Waals surface area contributed by atoms with Crippen LogP contribution in [0.15, 0.2) is 46.3 Å². The number of nitrogens with zero attached hydrogens (tertiary/aromatic N) is 3. The first-order valence-electron chi connectivity index (χ1n) is 10.7. The van der Waals surface area contributed by atoms with Gasteiger partial charge in [-0.3, -0.25) is 9.69 Å². The van der Waals surface area contributed by atoms with E-state index in [2.05, 4.69) is 51.5 Å². The highest BCUT2D eigenvalue weighted by Gasteiger charge is 2.26. The third-order valence-electron chi connectivity index (χ3n) is 5.38. The topological polar surface area (TPSA) is 71.3 Å². The van der Waals surface area contributed by atoms with Crippen molar-refractivity contribution >= 4 is 29.0 Å². The first-order valence-corrected chi connectivity index (χ1v) is 12.7. The van der Waals surface area contributed by atoms with E-state index in [1.54, 1.807) is 11.3 Å². The van der Waals surface area contributed by atoms with Gasteiger partial charge in [-0.1, -0.05) is 41.1 Å². The fourth-order valence-corrected chi connectivity index (χ4v) is 5.16. The van der Waals surface area contributed by atoms with Gasteiger partial charge in [0.05, 0.1) is 17.3 Å². The Morgan fingerprint density at radius 3 is 3.00 bits per heavy atom. The summed E-state index contributed by atoms with van der Waals surface area (Å²) in [4.78, 5) is 20.4.